The average molecular weight is 266 g/mol. The number of halogens is 2. The lowest BCUT2D eigenvalue weighted by molar-refractivity contribution is 0.630. The fraction of sp³-hybridized carbons (Fsp3) is 0.231. The average Bonchev–Trinajstić information content (AvgIpc) is 2.40. The van der Waals surface area contributed by atoms with Gasteiger partial charge in [0.2, 0.25) is 0 Å². The zero-order valence-electron chi connectivity index (χ0n) is 9.90. The first-order valence-corrected chi connectivity index (χ1v) is 5.98. The summed E-state index contributed by atoms with van der Waals surface area (Å²) in [6.07, 6.45) is 1.60. The molecule has 1 aromatic carbocycles. The Labute approximate surface area is 110 Å². The minimum Gasteiger partial charge on any atom is -0.330 e. The van der Waals surface area contributed by atoms with E-state index in [9.17, 15) is 4.39 Å². The second kappa shape index (κ2) is 5.42. The van der Waals surface area contributed by atoms with Crippen LogP contribution in [0.2, 0.25) is 5.02 Å². The molecule has 0 bridgehead atoms. The third kappa shape index (κ3) is 2.66. The van der Waals surface area contributed by atoms with Gasteiger partial charge in [-0.25, -0.2) is 14.4 Å². The van der Waals surface area contributed by atoms with Gasteiger partial charge >= 0.3 is 0 Å². The maximum absolute atomic E-state index is 13.7. The van der Waals surface area contributed by atoms with Gasteiger partial charge in [0.15, 0.2) is 0 Å². The van der Waals surface area contributed by atoms with Crippen LogP contribution in [0.25, 0.3) is 11.3 Å². The van der Waals surface area contributed by atoms with E-state index in [1.807, 2.05) is 6.92 Å². The summed E-state index contributed by atoms with van der Waals surface area (Å²) in [7, 11) is 0. The summed E-state index contributed by atoms with van der Waals surface area (Å²) in [5.41, 5.74) is 6.46. The monoisotopic (exact) mass is 265 g/mol. The summed E-state index contributed by atoms with van der Waals surface area (Å²) in [6, 6.07) is 6.04. The fourth-order valence-corrected chi connectivity index (χ4v) is 1.73. The van der Waals surface area contributed by atoms with Crippen LogP contribution in [0.1, 0.15) is 18.7 Å². The Morgan fingerprint density at radius 3 is 2.89 bits per heavy atom. The summed E-state index contributed by atoms with van der Waals surface area (Å²) in [6.45, 7) is 2.37. The van der Waals surface area contributed by atoms with Crippen molar-refractivity contribution in [2.24, 2.45) is 5.73 Å². The van der Waals surface area contributed by atoms with Crippen LogP contribution in [-0.4, -0.2) is 16.5 Å². The van der Waals surface area contributed by atoms with Crippen LogP contribution >= 0.6 is 11.6 Å². The standard InChI is InChI=1S/C13H13ClFN3/c1-8(7-16)13-17-5-4-12(18-13)10-6-9(14)2-3-11(10)15/h2-6,8H,7,16H2,1H3. The molecule has 2 rings (SSSR count). The van der Waals surface area contributed by atoms with Gasteiger partial charge in [-0.3, -0.25) is 0 Å². The van der Waals surface area contributed by atoms with Gasteiger partial charge in [0.05, 0.1) is 5.69 Å². The fourth-order valence-electron chi connectivity index (χ4n) is 1.56. The van der Waals surface area contributed by atoms with E-state index in [4.69, 9.17) is 17.3 Å². The smallest absolute Gasteiger partial charge is 0.133 e. The number of nitrogens with two attached hydrogens (primary N) is 1. The molecule has 0 radical (unpaired) electrons. The Hall–Kier alpha value is -1.52. The van der Waals surface area contributed by atoms with Crippen LogP contribution in [0.15, 0.2) is 30.5 Å². The molecule has 0 spiro atoms. The molecule has 2 aromatic rings. The maximum Gasteiger partial charge on any atom is 0.133 e. The molecule has 0 saturated heterocycles. The summed E-state index contributed by atoms with van der Waals surface area (Å²) < 4.78 is 13.7. The summed E-state index contributed by atoms with van der Waals surface area (Å²) >= 11 is 5.87. The molecule has 0 aliphatic carbocycles. The largest absolute Gasteiger partial charge is 0.330 e. The van der Waals surface area contributed by atoms with Crippen molar-refractivity contribution in [1.29, 1.82) is 0 Å². The Bertz CT molecular complexity index is 560. The number of rotatable bonds is 3. The summed E-state index contributed by atoms with van der Waals surface area (Å²) in [5.74, 6) is 0.283. The van der Waals surface area contributed by atoms with Gasteiger partial charge < -0.3 is 5.73 Å². The molecule has 0 fully saturated rings. The molecule has 0 aliphatic rings. The topological polar surface area (TPSA) is 51.8 Å². The first kappa shape index (κ1) is 12.9. The zero-order valence-corrected chi connectivity index (χ0v) is 10.7. The van der Waals surface area contributed by atoms with Crippen molar-refractivity contribution in [1.82, 2.24) is 9.97 Å². The summed E-state index contributed by atoms with van der Waals surface area (Å²) in [5, 5.41) is 0.471. The molecule has 3 nitrogen and oxygen atoms in total. The first-order chi connectivity index (χ1) is 8.61. The van der Waals surface area contributed by atoms with E-state index in [2.05, 4.69) is 9.97 Å². The molecule has 5 heteroatoms. The molecule has 0 amide bonds. The zero-order chi connectivity index (χ0) is 13.1. The van der Waals surface area contributed by atoms with Crippen molar-refractivity contribution in [3.8, 4) is 11.3 Å². The molecule has 1 aromatic heterocycles. The van der Waals surface area contributed by atoms with E-state index >= 15 is 0 Å². The number of aromatic nitrogens is 2. The second-order valence-corrected chi connectivity index (χ2v) is 4.50. The lowest BCUT2D eigenvalue weighted by Gasteiger charge is -2.09. The van der Waals surface area contributed by atoms with Gasteiger partial charge in [-0.05, 0) is 24.3 Å². The molecule has 1 heterocycles. The first-order valence-electron chi connectivity index (χ1n) is 5.60. The molecular formula is C13H13ClFN3. The molecular weight excluding hydrogens is 253 g/mol. The van der Waals surface area contributed by atoms with E-state index in [0.717, 1.165) is 0 Å². The molecule has 18 heavy (non-hydrogen) atoms. The van der Waals surface area contributed by atoms with Crippen LogP contribution in [0.4, 0.5) is 4.39 Å². The molecule has 0 aliphatic heterocycles. The third-order valence-corrected chi connectivity index (χ3v) is 2.91. The van der Waals surface area contributed by atoms with Crippen LogP contribution in [0.3, 0.4) is 0 Å². The van der Waals surface area contributed by atoms with Gasteiger partial charge in [0, 0.05) is 29.2 Å². The van der Waals surface area contributed by atoms with Crippen LogP contribution in [0, 0.1) is 5.82 Å². The Kier molecular flexibility index (Phi) is 3.89. The quantitative estimate of drug-likeness (QED) is 0.928. The van der Waals surface area contributed by atoms with E-state index < -0.39 is 0 Å². The van der Waals surface area contributed by atoms with Gasteiger partial charge in [0.25, 0.3) is 0 Å². The predicted octanol–water partition coefficient (Wildman–Crippen LogP) is 3.00. The molecule has 1 unspecified atom stereocenters. The SMILES string of the molecule is CC(CN)c1nccc(-c2cc(Cl)ccc2F)n1. The van der Waals surface area contributed by atoms with Crippen molar-refractivity contribution >= 4 is 11.6 Å². The minimum absolute atomic E-state index is 0.0344. The van der Waals surface area contributed by atoms with Gasteiger partial charge in [0.1, 0.15) is 11.6 Å². The lowest BCUT2D eigenvalue weighted by atomic mass is 10.1. The Morgan fingerprint density at radius 1 is 1.39 bits per heavy atom. The van der Waals surface area contributed by atoms with Gasteiger partial charge in [-0.2, -0.15) is 0 Å². The highest BCUT2D eigenvalue weighted by atomic mass is 35.5. The molecule has 1 atom stereocenters. The van der Waals surface area contributed by atoms with Crippen molar-refractivity contribution in [2.75, 3.05) is 6.54 Å². The van der Waals surface area contributed by atoms with E-state index in [1.54, 1.807) is 18.3 Å². The normalized spacial score (nSPS) is 12.4. The summed E-state index contributed by atoms with van der Waals surface area (Å²) in [4.78, 5) is 8.47. The highest BCUT2D eigenvalue weighted by molar-refractivity contribution is 6.30. The predicted molar refractivity (Wildman–Crippen MR) is 69.9 cm³/mol. The van der Waals surface area contributed by atoms with Crippen LogP contribution in [-0.2, 0) is 0 Å². The second-order valence-electron chi connectivity index (χ2n) is 4.06. The highest BCUT2D eigenvalue weighted by Crippen LogP contribution is 2.25. The molecule has 94 valence electrons. The van der Waals surface area contributed by atoms with E-state index in [1.165, 1.54) is 12.1 Å². The van der Waals surface area contributed by atoms with Crippen molar-refractivity contribution < 1.29 is 4.39 Å². The van der Waals surface area contributed by atoms with E-state index in [0.29, 0.717) is 28.6 Å². The number of hydrogen-bond donors (Lipinski definition) is 1. The molecule has 0 saturated carbocycles. The Balaban J connectivity index is 2.47. The Morgan fingerprint density at radius 2 is 2.17 bits per heavy atom. The number of nitrogens with zero attached hydrogens (tertiary/aromatic N) is 2. The number of hydrogen-bond acceptors (Lipinski definition) is 3. The van der Waals surface area contributed by atoms with Crippen molar-refractivity contribution in [3.63, 3.8) is 0 Å². The van der Waals surface area contributed by atoms with Gasteiger partial charge in [-0.1, -0.05) is 18.5 Å². The highest BCUT2D eigenvalue weighted by Gasteiger charge is 2.11. The van der Waals surface area contributed by atoms with Crippen molar-refractivity contribution in [2.45, 2.75) is 12.8 Å². The third-order valence-electron chi connectivity index (χ3n) is 2.67. The number of benzene rings is 1. The van der Waals surface area contributed by atoms with Crippen LogP contribution in [0.5, 0.6) is 0 Å². The van der Waals surface area contributed by atoms with Gasteiger partial charge in [-0.15, -0.1) is 0 Å². The molecule has 2 N–H and O–H groups in total. The maximum atomic E-state index is 13.7. The van der Waals surface area contributed by atoms with E-state index in [-0.39, 0.29) is 11.7 Å². The minimum atomic E-state index is -0.357. The van der Waals surface area contributed by atoms with Crippen LogP contribution < -0.4 is 5.73 Å². The van der Waals surface area contributed by atoms with Crippen molar-refractivity contribution in [3.05, 3.63) is 47.1 Å². The lowest BCUT2D eigenvalue weighted by Crippen LogP contribution is -2.12.